The van der Waals surface area contributed by atoms with Gasteiger partial charge in [-0.3, -0.25) is 4.79 Å². The van der Waals surface area contributed by atoms with Crippen LogP contribution >= 0.6 is 11.6 Å². The molecule has 5 rings (SSSR count). The molecular formula is C29H27ClF3N3O3. The molecule has 1 aliphatic heterocycles. The van der Waals surface area contributed by atoms with Gasteiger partial charge in [-0.05, 0) is 60.7 Å². The van der Waals surface area contributed by atoms with Gasteiger partial charge in [0.2, 0.25) is 0 Å². The number of hydrogen-bond acceptors (Lipinski definition) is 5. The summed E-state index contributed by atoms with van der Waals surface area (Å²) in [5.74, 6) is -0.183. The average Bonchev–Trinajstić information content (AvgIpc) is 3.62. The zero-order valence-electron chi connectivity index (χ0n) is 21.4. The van der Waals surface area contributed by atoms with Gasteiger partial charge in [-0.15, -0.1) is 13.2 Å². The first-order valence-electron chi connectivity index (χ1n) is 12.5. The van der Waals surface area contributed by atoms with Crippen LogP contribution in [0.4, 0.5) is 24.5 Å². The first-order valence-corrected chi connectivity index (χ1v) is 12.9. The topological polar surface area (TPSA) is 74.7 Å². The molecule has 10 heteroatoms. The zero-order valence-corrected chi connectivity index (χ0v) is 22.1. The Morgan fingerprint density at radius 2 is 1.82 bits per heavy atom. The van der Waals surface area contributed by atoms with E-state index in [-0.39, 0.29) is 17.1 Å². The minimum Gasteiger partial charge on any atom is -0.497 e. The summed E-state index contributed by atoms with van der Waals surface area (Å²) in [6.07, 6.45) is -2.63. The molecule has 1 aliphatic carbocycles. The second-order valence-electron chi connectivity index (χ2n) is 9.84. The van der Waals surface area contributed by atoms with Crippen molar-refractivity contribution in [1.82, 2.24) is 0 Å². The fourth-order valence-electron chi connectivity index (χ4n) is 5.07. The average molecular weight is 558 g/mol. The summed E-state index contributed by atoms with van der Waals surface area (Å²) in [4.78, 5) is 15.8. The van der Waals surface area contributed by atoms with Crippen LogP contribution in [-0.4, -0.2) is 31.6 Å². The lowest BCUT2D eigenvalue weighted by Gasteiger charge is -2.27. The van der Waals surface area contributed by atoms with E-state index in [2.05, 4.69) is 10.1 Å². The maximum atomic E-state index is 14.2. The molecule has 1 atom stereocenters. The van der Waals surface area contributed by atoms with E-state index >= 15 is 0 Å². The lowest BCUT2D eigenvalue weighted by atomic mass is 9.99. The number of benzene rings is 3. The highest BCUT2D eigenvalue weighted by molar-refractivity contribution is 6.30. The Balaban J connectivity index is 1.54. The highest BCUT2D eigenvalue weighted by Gasteiger charge is 2.54. The van der Waals surface area contributed by atoms with E-state index in [1.54, 1.807) is 53.4 Å². The maximum absolute atomic E-state index is 14.2. The molecule has 0 radical (unpaired) electrons. The summed E-state index contributed by atoms with van der Waals surface area (Å²) in [6, 6.07) is 15.4. The second kappa shape index (κ2) is 10.1. The maximum Gasteiger partial charge on any atom is 0.573 e. The first-order chi connectivity index (χ1) is 18.5. The van der Waals surface area contributed by atoms with Crippen LogP contribution < -0.4 is 19.7 Å². The van der Waals surface area contributed by atoms with Crippen molar-refractivity contribution in [2.45, 2.75) is 44.0 Å². The molecule has 0 bridgehead atoms. The Morgan fingerprint density at radius 1 is 1.10 bits per heavy atom. The van der Waals surface area contributed by atoms with Crippen LogP contribution in [0.5, 0.6) is 11.5 Å². The number of nitrogens with zero attached hydrogens (tertiary/aromatic N) is 1. The van der Waals surface area contributed by atoms with Crippen molar-refractivity contribution in [3.63, 3.8) is 0 Å². The van der Waals surface area contributed by atoms with Crippen LogP contribution in [0.15, 0.2) is 60.7 Å². The number of amides is 1. The van der Waals surface area contributed by atoms with E-state index in [4.69, 9.17) is 21.7 Å². The van der Waals surface area contributed by atoms with E-state index in [0.717, 1.165) is 18.4 Å². The van der Waals surface area contributed by atoms with E-state index in [9.17, 15) is 18.0 Å². The molecule has 2 N–H and O–H groups in total. The Kier molecular flexibility index (Phi) is 6.97. The Labute approximate surface area is 229 Å². The largest absolute Gasteiger partial charge is 0.573 e. The summed E-state index contributed by atoms with van der Waals surface area (Å²) in [5, 5.41) is 12.1. The lowest BCUT2D eigenvalue weighted by molar-refractivity contribution is -0.274. The number of alkyl halides is 3. The van der Waals surface area contributed by atoms with Gasteiger partial charge in [-0.25, -0.2) is 0 Å². The van der Waals surface area contributed by atoms with Crippen molar-refractivity contribution < 1.29 is 27.4 Å². The Hall–Kier alpha value is -3.72. The summed E-state index contributed by atoms with van der Waals surface area (Å²) < 4.78 is 48.5. The molecule has 39 heavy (non-hydrogen) atoms. The smallest absolute Gasteiger partial charge is 0.497 e. The molecule has 2 aliphatic rings. The molecule has 1 spiro atoms. The fraction of sp³-hybridized carbons (Fsp3) is 0.310. The number of anilines is 2. The summed E-state index contributed by atoms with van der Waals surface area (Å²) >= 11 is 6.12. The number of methoxy groups -OCH3 is 1. The predicted octanol–water partition coefficient (Wildman–Crippen LogP) is 7.26. The molecule has 3 aromatic rings. The van der Waals surface area contributed by atoms with Crippen molar-refractivity contribution in [3.05, 3.63) is 82.4 Å². The molecule has 1 unspecified atom stereocenters. The lowest BCUT2D eigenvalue weighted by Crippen LogP contribution is -2.38. The molecule has 3 aromatic carbocycles. The van der Waals surface area contributed by atoms with Crippen molar-refractivity contribution >= 4 is 34.6 Å². The van der Waals surface area contributed by atoms with Crippen molar-refractivity contribution in [2.24, 2.45) is 0 Å². The van der Waals surface area contributed by atoms with E-state index in [0.29, 0.717) is 52.0 Å². The zero-order chi connectivity index (χ0) is 27.9. The quantitative estimate of drug-likeness (QED) is 0.286. The molecule has 0 saturated heterocycles. The highest BCUT2D eigenvalue weighted by atomic mass is 35.5. The third-order valence-corrected chi connectivity index (χ3v) is 7.50. The number of hydrogen-bond donors (Lipinski definition) is 2. The van der Waals surface area contributed by atoms with Gasteiger partial charge in [0.25, 0.3) is 5.91 Å². The molecule has 1 heterocycles. The van der Waals surface area contributed by atoms with Crippen LogP contribution in [0.1, 0.15) is 48.9 Å². The van der Waals surface area contributed by atoms with Crippen molar-refractivity contribution in [1.29, 1.82) is 5.41 Å². The molecule has 1 fully saturated rings. The van der Waals surface area contributed by atoms with Crippen LogP contribution in [0.3, 0.4) is 0 Å². The minimum absolute atomic E-state index is 0.258. The van der Waals surface area contributed by atoms with E-state index in [1.807, 2.05) is 6.92 Å². The Bertz CT molecular complexity index is 1420. The van der Waals surface area contributed by atoms with Gasteiger partial charge in [-0.1, -0.05) is 36.7 Å². The molecule has 0 aromatic heterocycles. The summed E-state index contributed by atoms with van der Waals surface area (Å²) in [6.45, 7) is 2.25. The number of fused-ring (bicyclic) bond motifs is 2. The third-order valence-electron chi connectivity index (χ3n) is 7.25. The van der Waals surface area contributed by atoms with Gasteiger partial charge in [0.05, 0.1) is 12.8 Å². The van der Waals surface area contributed by atoms with Crippen LogP contribution in [0.25, 0.3) is 0 Å². The van der Waals surface area contributed by atoms with Gasteiger partial charge in [0, 0.05) is 46.1 Å². The van der Waals surface area contributed by atoms with E-state index < -0.39 is 12.4 Å². The third kappa shape index (κ3) is 5.54. The molecule has 204 valence electrons. The van der Waals surface area contributed by atoms with Crippen molar-refractivity contribution in [2.75, 3.05) is 23.9 Å². The monoisotopic (exact) mass is 557 g/mol. The SMILES string of the molecule is CCC(=N)c1cc(NC(C(=O)N2CC3(CC3)c3ccc(OC(F)(F)F)cc32)c2ccc(Cl)cc2)cc(OC)c1. The van der Waals surface area contributed by atoms with Gasteiger partial charge < -0.3 is 25.1 Å². The van der Waals surface area contributed by atoms with Gasteiger partial charge >= 0.3 is 6.36 Å². The van der Waals surface area contributed by atoms with Crippen molar-refractivity contribution in [3.8, 4) is 11.5 Å². The van der Waals surface area contributed by atoms with Gasteiger partial charge in [0.15, 0.2) is 0 Å². The fourth-order valence-corrected chi connectivity index (χ4v) is 5.20. The molecule has 1 amide bonds. The van der Waals surface area contributed by atoms with Gasteiger partial charge in [0.1, 0.15) is 17.5 Å². The molecule has 1 saturated carbocycles. The normalized spacial score (nSPS) is 16.0. The van der Waals surface area contributed by atoms with Gasteiger partial charge in [-0.2, -0.15) is 0 Å². The first kappa shape index (κ1) is 26.9. The number of nitrogens with one attached hydrogen (secondary N) is 2. The standard InChI is InChI=1S/C29H27ClF3N3O3/c1-3-24(34)18-12-20(14-22(13-18)38-2)35-26(17-4-6-19(30)7-5-17)27(37)36-16-28(10-11-28)23-9-8-21(15-25(23)36)39-29(31,32)33/h4-9,12-15,26,34-35H,3,10-11,16H2,1-2H3. The summed E-state index contributed by atoms with van der Waals surface area (Å²) in [7, 11) is 1.52. The predicted molar refractivity (Wildman–Crippen MR) is 144 cm³/mol. The number of carbonyl (C=O) groups is 1. The number of rotatable bonds is 8. The second-order valence-corrected chi connectivity index (χ2v) is 10.3. The van der Waals surface area contributed by atoms with Crippen LogP contribution in [0, 0.1) is 5.41 Å². The number of halogens is 4. The van der Waals surface area contributed by atoms with Crippen LogP contribution in [0.2, 0.25) is 5.02 Å². The molecule has 6 nitrogen and oxygen atoms in total. The molecular weight excluding hydrogens is 531 g/mol. The van der Waals surface area contributed by atoms with Crippen LogP contribution in [-0.2, 0) is 10.2 Å². The summed E-state index contributed by atoms with van der Waals surface area (Å²) in [5.41, 5.74) is 3.25. The Morgan fingerprint density at radius 3 is 2.44 bits per heavy atom. The number of carbonyl (C=O) groups excluding carboxylic acids is 1. The highest BCUT2D eigenvalue weighted by Crippen LogP contribution is 2.57. The van der Waals surface area contributed by atoms with E-state index in [1.165, 1.54) is 19.2 Å². The minimum atomic E-state index is -4.84. The number of ether oxygens (including phenoxy) is 2.